The van der Waals surface area contributed by atoms with Gasteiger partial charge in [-0.1, -0.05) is 324 Å². The highest BCUT2D eigenvalue weighted by atomic mass is 14.9. The lowest BCUT2D eigenvalue weighted by Gasteiger charge is -2.06. The third-order valence-electron chi connectivity index (χ3n) is 8.09. The second kappa shape index (κ2) is 97.3. The van der Waals surface area contributed by atoms with Crippen molar-refractivity contribution in [2.75, 3.05) is 46.8 Å². The molecule has 0 saturated carbocycles. The van der Waals surface area contributed by atoms with Crippen LogP contribution < -0.4 is 32.7 Å². The van der Waals surface area contributed by atoms with E-state index in [-0.39, 0.29) is 7.43 Å². The molecule has 0 saturated heterocycles. The average Bonchev–Trinajstić information content (AvgIpc) is 3.61. The Kier molecular flexibility index (Phi) is 122. The normalized spacial score (nSPS) is 7.28. The molecule has 8 rings (SSSR count). The maximum Gasteiger partial charge on any atom is 0.0417 e. The minimum atomic E-state index is 0. The zero-order valence-corrected chi connectivity index (χ0v) is 59.6. The predicted molar refractivity (Wildman–Crippen MR) is 405 cm³/mol. The SMILES string of the molecule is C.CC.CC.CC.CC.CC.CC.CC.CC.CC.CC.CC.CC.CC.CC.CC.CNc1ccc(Nc2ccccc2)cc1.CNc1cccc2ccccc12.Nc1ccc(Nc2ccccc2)cc1.Nc1cccc2ccccc12. The largest absolute Gasteiger partial charge is 0.399 e. The lowest BCUT2D eigenvalue weighted by Crippen LogP contribution is -1.91. The van der Waals surface area contributed by atoms with Gasteiger partial charge in [-0.3, -0.25) is 0 Å². The number of nitrogens with one attached hydrogen (secondary N) is 4. The molecule has 0 radical (unpaired) electrons. The van der Waals surface area contributed by atoms with Crippen LogP contribution in [0.2, 0.25) is 0 Å². The number of fused-ring (bicyclic) bond motifs is 2. The summed E-state index contributed by atoms with van der Waals surface area (Å²) in [5.74, 6) is 0. The topological polar surface area (TPSA) is 100 Å². The molecule has 0 aliphatic carbocycles. The maximum absolute atomic E-state index is 5.76. The van der Waals surface area contributed by atoms with E-state index in [4.69, 9.17) is 11.5 Å². The third-order valence-corrected chi connectivity index (χ3v) is 8.09. The molecule has 478 valence electrons. The number of benzene rings is 8. The molecular weight excluding hydrogens is 1010 g/mol. The number of hydrogen-bond acceptors (Lipinski definition) is 6. The minimum absolute atomic E-state index is 0. The molecule has 0 bridgehead atoms. The van der Waals surface area contributed by atoms with Crippen LogP contribution in [0.4, 0.5) is 45.5 Å². The summed E-state index contributed by atoms with van der Waals surface area (Å²) < 4.78 is 0. The van der Waals surface area contributed by atoms with Crippen molar-refractivity contribution in [3.8, 4) is 0 Å². The Morgan fingerprint density at radius 2 is 0.482 bits per heavy atom. The van der Waals surface area contributed by atoms with Gasteiger partial charge in [0.1, 0.15) is 0 Å². The van der Waals surface area contributed by atoms with Crippen molar-refractivity contribution in [2.24, 2.45) is 0 Å². The monoisotopic (exact) mass is 1150 g/mol. The van der Waals surface area contributed by atoms with Crippen LogP contribution in [0.25, 0.3) is 21.5 Å². The molecule has 0 amide bonds. The summed E-state index contributed by atoms with van der Waals surface area (Å²) in [5.41, 5.74) is 19.6. The van der Waals surface area contributed by atoms with E-state index in [1.807, 2.05) is 349 Å². The molecule has 0 fully saturated rings. The highest BCUT2D eigenvalue weighted by Gasteiger charge is 1.97. The molecule has 0 atom stereocenters. The smallest absolute Gasteiger partial charge is 0.0417 e. The van der Waals surface area contributed by atoms with Crippen molar-refractivity contribution in [3.05, 3.63) is 194 Å². The van der Waals surface area contributed by atoms with E-state index in [2.05, 4.69) is 88.0 Å². The van der Waals surface area contributed by atoms with Crippen LogP contribution >= 0.6 is 0 Å². The van der Waals surface area contributed by atoms with Gasteiger partial charge in [-0.25, -0.2) is 0 Å². The van der Waals surface area contributed by atoms with Gasteiger partial charge in [-0.05, 0) is 95.7 Å². The van der Waals surface area contributed by atoms with E-state index in [1.165, 1.54) is 21.8 Å². The summed E-state index contributed by atoms with van der Waals surface area (Å²) in [6.07, 6.45) is 0. The number of anilines is 8. The van der Waals surface area contributed by atoms with E-state index >= 15 is 0 Å². The maximum atomic E-state index is 5.76. The summed E-state index contributed by atoms with van der Waals surface area (Å²) in [4.78, 5) is 0. The zero-order valence-electron chi connectivity index (χ0n) is 59.6. The first kappa shape index (κ1) is 104. The second-order valence-corrected chi connectivity index (χ2v) is 11.8. The van der Waals surface area contributed by atoms with Crippen LogP contribution in [0, 0.1) is 0 Å². The van der Waals surface area contributed by atoms with Crippen molar-refractivity contribution >= 4 is 67.0 Å². The standard InChI is InChI=1S/C13H14N2.C12H12N2.C11H11N.C10H9N.15C2H6.CH4/c1-14-11-7-9-13(10-8-11)15-12-5-3-2-4-6-12;13-10-6-8-12(9-7-10)14-11-4-2-1-3-5-11;1-12-11-8-4-6-9-5-2-3-7-10(9)11;11-10-7-3-5-8-4-1-2-6-9(8)10;15*1-2;/h2-10,14-15H,1H3;1-9,14H,13H2;2-8,12H,1H3;1-7H,11H2;15*1-2H3;1H4. The van der Waals surface area contributed by atoms with Crippen LogP contribution in [-0.2, 0) is 0 Å². The number of rotatable bonds is 6. The van der Waals surface area contributed by atoms with Gasteiger partial charge in [0.15, 0.2) is 0 Å². The first-order chi connectivity index (χ1) is 40.5. The molecule has 0 aromatic heterocycles. The Labute approximate surface area is 520 Å². The van der Waals surface area contributed by atoms with E-state index in [0.29, 0.717) is 0 Å². The van der Waals surface area contributed by atoms with Crippen LogP contribution in [-0.4, -0.2) is 14.1 Å². The third kappa shape index (κ3) is 58.1. The Hall–Kier alpha value is -6.92. The van der Waals surface area contributed by atoms with E-state index < -0.39 is 0 Å². The van der Waals surface area contributed by atoms with E-state index in [1.54, 1.807) is 0 Å². The summed E-state index contributed by atoms with van der Waals surface area (Å²) >= 11 is 0. The van der Waals surface area contributed by atoms with Crippen LogP contribution in [0.3, 0.4) is 0 Å². The van der Waals surface area contributed by atoms with Gasteiger partial charge in [0.25, 0.3) is 0 Å². The molecule has 0 heterocycles. The lowest BCUT2D eigenvalue weighted by molar-refractivity contribution is 1.49. The lowest BCUT2D eigenvalue weighted by atomic mass is 10.1. The second-order valence-electron chi connectivity index (χ2n) is 11.8. The summed E-state index contributed by atoms with van der Waals surface area (Å²) in [5, 5.41) is 17.8. The van der Waals surface area contributed by atoms with E-state index in [9.17, 15) is 0 Å². The van der Waals surface area contributed by atoms with Crippen molar-refractivity contribution in [2.45, 2.75) is 215 Å². The van der Waals surface area contributed by atoms with Crippen LogP contribution in [0.1, 0.15) is 215 Å². The van der Waals surface area contributed by atoms with Crippen LogP contribution in [0.15, 0.2) is 194 Å². The van der Waals surface area contributed by atoms with Crippen molar-refractivity contribution in [1.82, 2.24) is 0 Å². The van der Waals surface area contributed by atoms with E-state index in [0.717, 1.165) is 45.2 Å². The van der Waals surface area contributed by atoms with Gasteiger partial charge in [-0.15, -0.1) is 0 Å². The highest BCUT2D eigenvalue weighted by molar-refractivity contribution is 5.94. The first-order valence-corrected chi connectivity index (χ1v) is 32.2. The molecule has 0 aliphatic rings. The van der Waals surface area contributed by atoms with Gasteiger partial charge in [0, 0.05) is 70.4 Å². The Balaban J connectivity index is -0.0000000701. The number of nitrogen functional groups attached to an aromatic ring is 2. The molecule has 0 unspecified atom stereocenters. The van der Waals surface area contributed by atoms with Crippen molar-refractivity contribution < 1.29 is 0 Å². The molecule has 8 aromatic carbocycles. The van der Waals surface area contributed by atoms with Gasteiger partial charge in [0.2, 0.25) is 0 Å². The molecule has 6 nitrogen and oxygen atoms in total. The molecule has 8 N–H and O–H groups in total. The molecule has 8 aromatic rings. The molecule has 83 heavy (non-hydrogen) atoms. The summed E-state index contributed by atoms with van der Waals surface area (Å²) in [6.45, 7) is 60.0. The Morgan fingerprint density at radius 3 is 0.807 bits per heavy atom. The Bertz CT molecular complexity index is 2210. The van der Waals surface area contributed by atoms with Gasteiger partial charge in [0.05, 0.1) is 0 Å². The quantitative estimate of drug-likeness (QED) is 0.0928. The fourth-order valence-electron chi connectivity index (χ4n) is 5.36. The fourth-order valence-corrected chi connectivity index (χ4v) is 5.36. The van der Waals surface area contributed by atoms with Crippen molar-refractivity contribution in [1.29, 1.82) is 0 Å². The van der Waals surface area contributed by atoms with Gasteiger partial charge >= 0.3 is 0 Å². The molecule has 0 spiro atoms. The highest BCUT2D eigenvalue weighted by Crippen LogP contribution is 2.23. The van der Waals surface area contributed by atoms with Crippen molar-refractivity contribution in [3.63, 3.8) is 0 Å². The predicted octanol–water partition coefficient (Wildman–Crippen LogP) is 27.8. The van der Waals surface area contributed by atoms with Crippen LogP contribution in [0.5, 0.6) is 0 Å². The average molecular weight is 1150 g/mol. The number of nitrogens with two attached hydrogens (primary N) is 2. The molecule has 0 aliphatic heterocycles. The number of para-hydroxylation sites is 2. The number of hydrogen-bond donors (Lipinski definition) is 6. The zero-order chi connectivity index (χ0) is 66.4. The fraction of sp³-hybridized carbons (Fsp3) is 0.429. The summed E-state index contributed by atoms with van der Waals surface area (Å²) in [6, 6.07) is 64.8. The molecular formula is C77H140N6. The minimum Gasteiger partial charge on any atom is -0.399 e. The Morgan fingerprint density at radius 1 is 0.229 bits per heavy atom. The first-order valence-electron chi connectivity index (χ1n) is 32.2. The van der Waals surface area contributed by atoms with Gasteiger partial charge in [-0.2, -0.15) is 0 Å². The van der Waals surface area contributed by atoms with Gasteiger partial charge < -0.3 is 32.7 Å². The molecule has 6 heteroatoms. The summed E-state index contributed by atoms with van der Waals surface area (Å²) in [7, 11) is 3.86.